The van der Waals surface area contributed by atoms with E-state index in [9.17, 15) is 18.0 Å². The Balaban J connectivity index is 2.91. The Morgan fingerprint density at radius 2 is 2.25 bits per heavy atom. The minimum absolute atomic E-state index is 0.206. The second-order valence-electron chi connectivity index (χ2n) is 2.86. The number of nitrogens with zero attached hydrogens (tertiary/aromatic N) is 2. The van der Waals surface area contributed by atoms with E-state index in [0.29, 0.717) is 0 Å². The lowest BCUT2D eigenvalue weighted by molar-refractivity contribution is -0.141. The van der Waals surface area contributed by atoms with E-state index in [2.05, 4.69) is 5.10 Å². The summed E-state index contributed by atoms with van der Waals surface area (Å²) in [5.74, 6) is -1.37. The molecule has 1 rings (SSSR count). The summed E-state index contributed by atoms with van der Waals surface area (Å²) in [5, 5.41) is 12.0. The first-order chi connectivity index (χ1) is 7.34. The Hall–Kier alpha value is -1.18. The third-order valence-corrected chi connectivity index (χ3v) is 2.69. The number of hydrogen-bond donors (Lipinski definition) is 1. The quantitative estimate of drug-likeness (QED) is 0.836. The first kappa shape index (κ1) is 12.9. The standard InChI is InChI=1S/C8H9F3N2O2S/c1-2-13-6(16-4-7(14)15)3-5(12-13)8(9,10)11/h3H,2,4H2,1H3,(H,14,15). The van der Waals surface area contributed by atoms with Crippen molar-refractivity contribution in [1.82, 2.24) is 9.78 Å². The first-order valence-corrected chi connectivity index (χ1v) is 5.32. The maximum absolute atomic E-state index is 12.3. The molecule has 0 aliphatic heterocycles. The van der Waals surface area contributed by atoms with Crippen molar-refractivity contribution in [2.75, 3.05) is 5.75 Å². The molecule has 0 bridgehead atoms. The van der Waals surface area contributed by atoms with E-state index in [4.69, 9.17) is 5.11 Å². The Morgan fingerprint density at radius 3 is 2.69 bits per heavy atom. The summed E-state index contributed by atoms with van der Waals surface area (Å²) in [6.45, 7) is 1.90. The molecule has 0 aromatic carbocycles. The average molecular weight is 254 g/mol. The number of carboxylic acids is 1. The number of carbonyl (C=O) groups is 1. The molecule has 90 valence electrons. The second kappa shape index (κ2) is 4.77. The van der Waals surface area contributed by atoms with Crippen molar-refractivity contribution in [3.05, 3.63) is 11.8 Å². The lowest BCUT2D eigenvalue weighted by atomic mass is 10.4. The first-order valence-electron chi connectivity index (χ1n) is 4.34. The Morgan fingerprint density at radius 1 is 1.62 bits per heavy atom. The van der Waals surface area contributed by atoms with Gasteiger partial charge in [-0.05, 0) is 6.92 Å². The van der Waals surface area contributed by atoms with Crippen LogP contribution in [0.1, 0.15) is 12.6 Å². The molecular weight excluding hydrogens is 245 g/mol. The van der Waals surface area contributed by atoms with Crippen molar-refractivity contribution in [1.29, 1.82) is 0 Å². The Labute approximate surface area is 93.4 Å². The van der Waals surface area contributed by atoms with E-state index >= 15 is 0 Å². The van der Waals surface area contributed by atoms with E-state index in [0.717, 1.165) is 22.5 Å². The fraction of sp³-hybridized carbons (Fsp3) is 0.500. The van der Waals surface area contributed by atoms with Crippen LogP contribution in [0, 0.1) is 0 Å². The van der Waals surface area contributed by atoms with Crippen LogP contribution in [-0.2, 0) is 17.5 Å². The van der Waals surface area contributed by atoms with Crippen LogP contribution < -0.4 is 0 Å². The van der Waals surface area contributed by atoms with Gasteiger partial charge in [0.1, 0.15) is 0 Å². The molecule has 0 amide bonds. The number of halogens is 3. The minimum atomic E-state index is -4.50. The second-order valence-corrected chi connectivity index (χ2v) is 3.86. The summed E-state index contributed by atoms with van der Waals surface area (Å²) >= 11 is 0.818. The van der Waals surface area contributed by atoms with Crippen LogP contribution in [0.25, 0.3) is 0 Å². The average Bonchev–Trinajstić information content (AvgIpc) is 2.56. The molecule has 0 aliphatic carbocycles. The molecule has 4 nitrogen and oxygen atoms in total. The summed E-state index contributed by atoms with van der Waals surface area (Å²) in [6, 6.07) is 0.858. The van der Waals surface area contributed by atoms with Crippen molar-refractivity contribution in [3.63, 3.8) is 0 Å². The highest BCUT2D eigenvalue weighted by atomic mass is 32.2. The molecule has 0 radical (unpaired) electrons. The molecule has 0 spiro atoms. The molecule has 0 saturated heterocycles. The molecule has 1 aromatic heterocycles. The molecular formula is C8H9F3N2O2S. The largest absolute Gasteiger partial charge is 0.481 e. The van der Waals surface area contributed by atoms with Crippen LogP contribution in [0.3, 0.4) is 0 Å². The van der Waals surface area contributed by atoms with Crippen molar-refractivity contribution in [2.45, 2.75) is 24.7 Å². The van der Waals surface area contributed by atoms with Gasteiger partial charge in [0, 0.05) is 12.6 Å². The number of aromatic nitrogens is 2. The SMILES string of the molecule is CCn1nc(C(F)(F)F)cc1SCC(=O)O. The number of aliphatic carboxylic acids is 1. The van der Waals surface area contributed by atoms with Gasteiger partial charge in [0.2, 0.25) is 0 Å². The summed E-state index contributed by atoms with van der Waals surface area (Å²) in [7, 11) is 0. The number of aryl methyl sites for hydroxylation is 1. The van der Waals surface area contributed by atoms with Gasteiger partial charge in [-0.25, -0.2) is 0 Å². The normalized spacial score (nSPS) is 11.8. The summed E-state index contributed by atoms with van der Waals surface area (Å²) in [5.41, 5.74) is -0.998. The number of alkyl halides is 3. The Kier molecular flexibility index (Phi) is 3.84. The molecule has 1 heterocycles. The van der Waals surface area contributed by atoms with Gasteiger partial charge in [-0.2, -0.15) is 18.3 Å². The molecule has 0 saturated carbocycles. The molecule has 1 aromatic rings. The van der Waals surface area contributed by atoms with Crippen molar-refractivity contribution in [2.24, 2.45) is 0 Å². The predicted molar refractivity (Wildman–Crippen MR) is 51.3 cm³/mol. The van der Waals surface area contributed by atoms with Gasteiger partial charge < -0.3 is 5.11 Å². The number of carboxylic acid groups (broad SMARTS) is 1. The van der Waals surface area contributed by atoms with Crippen LogP contribution in [0.4, 0.5) is 13.2 Å². The van der Waals surface area contributed by atoms with Crippen LogP contribution in [0.2, 0.25) is 0 Å². The summed E-state index contributed by atoms with van der Waals surface area (Å²) in [6.07, 6.45) is -4.50. The highest BCUT2D eigenvalue weighted by molar-refractivity contribution is 7.99. The highest BCUT2D eigenvalue weighted by Gasteiger charge is 2.34. The smallest absolute Gasteiger partial charge is 0.435 e. The van der Waals surface area contributed by atoms with Gasteiger partial charge in [0.05, 0.1) is 10.8 Å². The van der Waals surface area contributed by atoms with Gasteiger partial charge in [-0.3, -0.25) is 9.48 Å². The molecule has 16 heavy (non-hydrogen) atoms. The summed E-state index contributed by atoms with van der Waals surface area (Å²) in [4.78, 5) is 10.3. The van der Waals surface area contributed by atoms with Gasteiger partial charge in [0.25, 0.3) is 0 Å². The third-order valence-electron chi connectivity index (χ3n) is 1.68. The van der Waals surface area contributed by atoms with Crippen molar-refractivity contribution in [3.8, 4) is 0 Å². The maximum atomic E-state index is 12.3. The molecule has 0 atom stereocenters. The predicted octanol–water partition coefficient (Wildman–Crippen LogP) is 2.10. The topological polar surface area (TPSA) is 55.1 Å². The minimum Gasteiger partial charge on any atom is -0.481 e. The van der Waals surface area contributed by atoms with Crippen LogP contribution in [0.15, 0.2) is 11.1 Å². The van der Waals surface area contributed by atoms with Gasteiger partial charge in [-0.15, -0.1) is 0 Å². The lowest BCUT2D eigenvalue weighted by Crippen LogP contribution is -2.07. The fourth-order valence-corrected chi connectivity index (χ4v) is 1.80. The maximum Gasteiger partial charge on any atom is 0.435 e. The lowest BCUT2D eigenvalue weighted by Gasteiger charge is -2.01. The van der Waals surface area contributed by atoms with E-state index in [1.54, 1.807) is 6.92 Å². The summed E-state index contributed by atoms with van der Waals surface area (Å²) < 4.78 is 38.1. The number of thioether (sulfide) groups is 1. The van der Waals surface area contributed by atoms with Crippen LogP contribution in [0.5, 0.6) is 0 Å². The van der Waals surface area contributed by atoms with Crippen molar-refractivity contribution < 1.29 is 23.1 Å². The van der Waals surface area contributed by atoms with E-state index < -0.39 is 17.8 Å². The van der Waals surface area contributed by atoms with Gasteiger partial charge >= 0.3 is 12.1 Å². The van der Waals surface area contributed by atoms with Gasteiger partial charge in [-0.1, -0.05) is 11.8 Å². The van der Waals surface area contributed by atoms with Gasteiger partial charge in [0.15, 0.2) is 5.69 Å². The molecule has 0 aliphatic rings. The monoisotopic (exact) mass is 254 g/mol. The highest BCUT2D eigenvalue weighted by Crippen LogP contribution is 2.31. The Bertz CT molecular complexity index is 389. The number of rotatable bonds is 4. The van der Waals surface area contributed by atoms with E-state index in [1.807, 2.05) is 0 Å². The fourth-order valence-electron chi connectivity index (χ4n) is 1.02. The van der Waals surface area contributed by atoms with E-state index in [1.165, 1.54) is 0 Å². The zero-order valence-corrected chi connectivity index (χ0v) is 9.10. The zero-order valence-electron chi connectivity index (χ0n) is 8.28. The molecule has 8 heteroatoms. The van der Waals surface area contributed by atoms with E-state index in [-0.39, 0.29) is 17.3 Å². The third kappa shape index (κ3) is 3.16. The van der Waals surface area contributed by atoms with Crippen molar-refractivity contribution >= 4 is 17.7 Å². The van der Waals surface area contributed by atoms with Crippen LogP contribution >= 0.6 is 11.8 Å². The number of hydrogen-bond acceptors (Lipinski definition) is 3. The molecule has 1 N–H and O–H groups in total. The molecule has 0 fully saturated rings. The molecule has 0 unspecified atom stereocenters. The van der Waals surface area contributed by atoms with Crippen LogP contribution in [-0.4, -0.2) is 26.6 Å². The zero-order chi connectivity index (χ0) is 12.3.